The number of aromatic nitrogens is 1. The summed E-state index contributed by atoms with van der Waals surface area (Å²) < 4.78 is 0. The van der Waals surface area contributed by atoms with E-state index >= 15 is 0 Å². The molecule has 0 spiro atoms. The standard InChI is InChI=1S/C13H15N5.Rh/c1-15-6-8-17(10-15)12-4-3-5-13(14-12)18-9-7-16(2)11-18;/h3-11H,1-2H3;/q-2;+2. The van der Waals surface area contributed by atoms with Gasteiger partial charge in [0.2, 0.25) is 0 Å². The van der Waals surface area contributed by atoms with Crippen LogP contribution < -0.4 is 9.80 Å². The van der Waals surface area contributed by atoms with E-state index in [1.165, 1.54) is 0 Å². The maximum Gasteiger partial charge on any atom is 2.00 e. The molecule has 3 heterocycles. The molecule has 0 aromatic carbocycles. The fraction of sp³-hybridized carbons (Fsp3) is 0.154. The molecule has 1 aromatic rings. The number of hydrogen-bond acceptors (Lipinski definition) is 5. The largest absolute Gasteiger partial charge is 2.00 e. The number of anilines is 2. The first-order valence-electron chi connectivity index (χ1n) is 5.77. The minimum atomic E-state index is 0. The Kier molecular flexibility index (Phi) is 4.10. The Hall–Kier alpha value is -1.55. The Morgan fingerprint density at radius 3 is 1.68 bits per heavy atom. The zero-order valence-electron chi connectivity index (χ0n) is 10.8. The molecule has 2 aliphatic heterocycles. The molecule has 0 bridgehead atoms. The second-order valence-electron chi connectivity index (χ2n) is 4.33. The summed E-state index contributed by atoms with van der Waals surface area (Å²) in [6.45, 7) is 3.98. The van der Waals surface area contributed by atoms with Gasteiger partial charge in [-0.3, -0.25) is 0 Å². The first kappa shape index (κ1) is 13.9. The zero-order chi connectivity index (χ0) is 12.5. The minimum absolute atomic E-state index is 0. The van der Waals surface area contributed by atoms with E-state index < -0.39 is 0 Å². The fourth-order valence-corrected chi connectivity index (χ4v) is 1.87. The van der Waals surface area contributed by atoms with Gasteiger partial charge in [-0.25, -0.2) is 4.98 Å². The van der Waals surface area contributed by atoms with E-state index in [-0.39, 0.29) is 19.5 Å². The van der Waals surface area contributed by atoms with Gasteiger partial charge in [0, 0.05) is 0 Å². The van der Waals surface area contributed by atoms with Crippen molar-refractivity contribution in [2.75, 3.05) is 23.9 Å². The van der Waals surface area contributed by atoms with Crippen LogP contribution in [0.3, 0.4) is 0 Å². The molecule has 0 saturated carbocycles. The Balaban J connectivity index is 0.00000133. The van der Waals surface area contributed by atoms with Gasteiger partial charge in [-0.1, -0.05) is 6.07 Å². The van der Waals surface area contributed by atoms with E-state index in [2.05, 4.69) is 4.98 Å². The zero-order valence-corrected chi connectivity index (χ0v) is 12.4. The Morgan fingerprint density at radius 2 is 1.32 bits per heavy atom. The molecule has 0 N–H and O–H groups in total. The molecule has 0 unspecified atom stereocenters. The van der Waals surface area contributed by atoms with Gasteiger partial charge in [0.25, 0.3) is 0 Å². The van der Waals surface area contributed by atoms with Gasteiger partial charge in [0.15, 0.2) is 0 Å². The van der Waals surface area contributed by atoms with Crippen LogP contribution in [0, 0.1) is 13.3 Å². The van der Waals surface area contributed by atoms with E-state index in [4.69, 9.17) is 0 Å². The first-order chi connectivity index (χ1) is 8.72. The Labute approximate surface area is 126 Å². The van der Waals surface area contributed by atoms with Crippen LogP contribution in [0.25, 0.3) is 0 Å². The summed E-state index contributed by atoms with van der Waals surface area (Å²) in [6.07, 6.45) is 7.96. The third kappa shape index (κ3) is 2.90. The van der Waals surface area contributed by atoms with E-state index in [0.717, 1.165) is 11.6 Å². The molecule has 19 heavy (non-hydrogen) atoms. The van der Waals surface area contributed by atoms with Crippen LogP contribution in [0.4, 0.5) is 11.6 Å². The summed E-state index contributed by atoms with van der Waals surface area (Å²) in [5.41, 5.74) is 0. The van der Waals surface area contributed by atoms with Crippen LogP contribution in [-0.4, -0.2) is 28.9 Å². The predicted octanol–water partition coefficient (Wildman–Crippen LogP) is 1.76. The van der Waals surface area contributed by atoms with Gasteiger partial charge in [-0.05, 0) is 51.0 Å². The van der Waals surface area contributed by atoms with Gasteiger partial charge < -0.3 is 19.6 Å². The molecule has 3 rings (SSSR count). The summed E-state index contributed by atoms with van der Waals surface area (Å²) >= 11 is 0. The molecule has 5 nitrogen and oxygen atoms in total. The summed E-state index contributed by atoms with van der Waals surface area (Å²) in [6, 6.07) is 6.00. The quantitative estimate of drug-likeness (QED) is 0.602. The van der Waals surface area contributed by atoms with E-state index in [9.17, 15) is 0 Å². The Bertz CT molecular complexity index is 460. The molecule has 101 valence electrons. The van der Waals surface area contributed by atoms with E-state index in [0.29, 0.717) is 0 Å². The van der Waals surface area contributed by atoms with Gasteiger partial charge >= 0.3 is 19.5 Å². The van der Waals surface area contributed by atoms with Crippen LogP contribution in [0.5, 0.6) is 0 Å². The predicted molar refractivity (Wildman–Crippen MR) is 71.6 cm³/mol. The molecule has 0 amide bonds. The van der Waals surface area contributed by atoms with Crippen molar-refractivity contribution in [1.82, 2.24) is 14.8 Å². The van der Waals surface area contributed by atoms with Crippen molar-refractivity contribution in [2.45, 2.75) is 0 Å². The van der Waals surface area contributed by atoms with Crippen molar-refractivity contribution in [2.24, 2.45) is 0 Å². The molecule has 0 aliphatic carbocycles. The summed E-state index contributed by atoms with van der Waals surface area (Å²) in [4.78, 5) is 12.6. The summed E-state index contributed by atoms with van der Waals surface area (Å²) in [5.74, 6) is 1.81. The van der Waals surface area contributed by atoms with Gasteiger partial charge in [0.05, 0.1) is 0 Å². The van der Waals surface area contributed by atoms with Crippen LogP contribution in [0.1, 0.15) is 0 Å². The van der Waals surface area contributed by atoms with E-state index in [1.54, 1.807) is 0 Å². The average molecular weight is 344 g/mol. The molecular weight excluding hydrogens is 329 g/mol. The summed E-state index contributed by atoms with van der Waals surface area (Å²) in [5, 5.41) is 0. The molecule has 2 aliphatic rings. The second kappa shape index (κ2) is 5.61. The van der Waals surface area contributed by atoms with Crippen LogP contribution in [0.15, 0.2) is 43.0 Å². The van der Waals surface area contributed by atoms with E-state index in [1.807, 2.05) is 90.0 Å². The summed E-state index contributed by atoms with van der Waals surface area (Å²) in [7, 11) is 3.98. The van der Waals surface area contributed by atoms with Crippen molar-refractivity contribution in [3.8, 4) is 0 Å². The number of nitrogens with zero attached hydrogens (tertiary/aromatic N) is 5. The third-order valence-electron chi connectivity index (χ3n) is 2.79. The molecule has 1 aromatic heterocycles. The minimum Gasteiger partial charge on any atom is -0.510 e. The topological polar surface area (TPSA) is 25.9 Å². The number of pyridine rings is 1. The van der Waals surface area contributed by atoms with Crippen molar-refractivity contribution < 1.29 is 19.5 Å². The van der Waals surface area contributed by atoms with Crippen molar-refractivity contribution in [3.63, 3.8) is 0 Å². The SMILES string of the molecule is CN1C=CN(c2cccc(N3C=CN(C)[CH-]3)n2)[CH-]1.[Rh+2]. The Morgan fingerprint density at radius 1 is 0.842 bits per heavy atom. The maximum atomic E-state index is 4.64. The molecule has 6 heteroatoms. The molecule has 0 saturated heterocycles. The van der Waals surface area contributed by atoms with Crippen LogP contribution in [0.2, 0.25) is 0 Å². The van der Waals surface area contributed by atoms with Gasteiger partial charge in [0.1, 0.15) is 11.6 Å². The number of rotatable bonds is 2. The molecule has 0 atom stereocenters. The van der Waals surface area contributed by atoms with Crippen molar-refractivity contribution in [3.05, 3.63) is 56.3 Å². The monoisotopic (exact) mass is 344 g/mol. The normalized spacial score (nSPS) is 17.4. The fourth-order valence-electron chi connectivity index (χ4n) is 1.87. The number of hydrogen-bond donors (Lipinski definition) is 0. The molecule has 0 fully saturated rings. The van der Waals surface area contributed by atoms with Crippen molar-refractivity contribution in [1.29, 1.82) is 0 Å². The van der Waals surface area contributed by atoms with Crippen LogP contribution in [-0.2, 0) is 19.5 Å². The average Bonchev–Trinajstić information content (AvgIpc) is 2.98. The van der Waals surface area contributed by atoms with Gasteiger partial charge in [-0.2, -0.15) is 0 Å². The first-order valence-corrected chi connectivity index (χ1v) is 5.77. The van der Waals surface area contributed by atoms with Crippen molar-refractivity contribution >= 4 is 11.6 Å². The maximum absolute atomic E-state index is 4.64. The molecular formula is C13H15N5Rh. The third-order valence-corrected chi connectivity index (χ3v) is 2.79. The smallest absolute Gasteiger partial charge is 0.510 e. The van der Waals surface area contributed by atoms with Gasteiger partial charge in [-0.15, -0.1) is 13.3 Å². The van der Waals surface area contributed by atoms with Crippen LogP contribution >= 0.6 is 0 Å². The second-order valence-corrected chi connectivity index (χ2v) is 4.33. The molecule has 1 radical (unpaired) electrons.